The summed E-state index contributed by atoms with van der Waals surface area (Å²) in [7, 11) is 1.70. The molecule has 1 fully saturated rings. The van der Waals surface area contributed by atoms with Gasteiger partial charge in [0.25, 0.3) is 0 Å². The van der Waals surface area contributed by atoms with E-state index in [2.05, 4.69) is 32.9 Å². The average molecular weight is 289 g/mol. The predicted molar refractivity (Wildman–Crippen MR) is 84.8 cm³/mol. The van der Waals surface area contributed by atoms with Crippen LogP contribution in [-0.2, 0) is 14.9 Å². The van der Waals surface area contributed by atoms with Crippen molar-refractivity contribution < 1.29 is 9.53 Å². The van der Waals surface area contributed by atoms with E-state index in [0.29, 0.717) is 11.8 Å². The van der Waals surface area contributed by atoms with Crippen LogP contribution in [0.15, 0.2) is 30.3 Å². The highest BCUT2D eigenvalue weighted by Gasteiger charge is 2.50. The molecule has 0 saturated heterocycles. The molecule has 3 nitrogen and oxygen atoms in total. The van der Waals surface area contributed by atoms with Crippen molar-refractivity contribution in [2.24, 2.45) is 23.5 Å². The first-order valence-corrected chi connectivity index (χ1v) is 7.79. The summed E-state index contributed by atoms with van der Waals surface area (Å²) in [5.74, 6) is 0.265. The lowest BCUT2D eigenvalue weighted by molar-refractivity contribution is -0.138. The van der Waals surface area contributed by atoms with Gasteiger partial charge >= 0.3 is 0 Å². The summed E-state index contributed by atoms with van der Waals surface area (Å²) >= 11 is 0. The summed E-state index contributed by atoms with van der Waals surface area (Å²) in [5, 5.41) is 0. The Bertz CT molecular complexity index is 485. The highest BCUT2D eigenvalue weighted by Crippen LogP contribution is 2.47. The number of benzene rings is 1. The van der Waals surface area contributed by atoms with Gasteiger partial charge in [-0.1, -0.05) is 51.1 Å². The molecule has 0 spiro atoms. The van der Waals surface area contributed by atoms with Gasteiger partial charge in [0.2, 0.25) is 5.91 Å². The maximum Gasteiger partial charge on any atom is 0.223 e. The van der Waals surface area contributed by atoms with E-state index >= 15 is 0 Å². The van der Waals surface area contributed by atoms with Crippen LogP contribution in [0.4, 0.5) is 0 Å². The first-order chi connectivity index (χ1) is 9.91. The van der Waals surface area contributed by atoms with Crippen molar-refractivity contribution in [2.75, 3.05) is 7.11 Å². The number of hydrogen-bond donors (Lipinski definition) is 1. The normalized spacial score (nSPS) is 33.1. The molecule has 1 aromatic carbocycles. The number of primary amides is 1. The first kappa shape index (κ1) is 16.0. The van der Waals surface area contributed by atoms with Gasteiger partial charge in [-0.2, -0.15) is 0 Å². The Hall–Kier alpha value is -1.35. The van der Waals surface area contributed by atoms with Crippen molar-refractivity contribution in [2.45, 2.75) is 45.1 Å². The molecule has 0 bridgehead atoms. The van der Waals surface area contributed by atoms with Crippen LogP contribution in [0.3, 0.4) is 0 Å². The van der Waals surface area contributed by atoms with E-state index in [9.17, 15) is 4.79 Å². The molecule has 3 heteroatoms. The zero-order valence-corrected chi connectivity index (χ0v) is 13.5. The number of rotatable bonds is 4. The highest BCUT2D eigenvalue weighted by molar-refractivity contribution is 5.78. The van der Waals surface area contributed by atoms with E-state index in [1.54, 1.807) is 7.11 Å². The molecule has 1 aromatic rings. The fourth-order valence-electron chi connectivity index (χ4n) is 4.05. The predicted octanol–water partition coefficient (Wildman–Crippen LogP) is 3.13. The van der Waals surface area contributed by atoms with E-state index in [1.165, 1.54) is 5.56 Å². The van der Waals surface area contributed by atoms with Crippen LogP contribution in [0.5, 0.6) is 0 Å². The van der Waals surface area contributed by atoms with Gasteiger partial charge in [-0.3, -0.25) is 4.79 Å². The van der Waals surface area contributed by atoms with E-state index in [1.807, 2.05) is 18.2 Å². The Morgan fingerprint density at radius 1 is 1.33 bits per heavy atom. The van der Waals surface area contributed by atoms with Crippen molar-refractivity contribution in [3.8, 4) is 0 Å². The lowest BCUT2D eigenvalue weighted by atomic mass is 9.59. The van der Waals surface area contributed by atoms with E-state index in [0.717, 1.165) is 12.8 Å². The van der Waals surface area contributed by atoms with Gasteiger partial charge in [-0.25, -0.2) is 0 Å². The fraction of sp³-hybridized carbons (Fsp3) is 0.611. The molecular weight excluding hydrogens is 262 g/mol. The number of amides is 1. The average Bonchev–Trinajstić information content (AvgIpc) is 2.47. The van der Waals surface area contributed by atoms with Gasteiger partial charge in [-0.05, 0) is 30.2 Å². The number of hydrogen-bond acceptors (Lipinski definition) is 2. The summed E-state index contributed by atoms with van der Waals surface area (Å²) in [6, 6.07) is 10.3. The van der Waals surface area contributed by atoms with Crippen molar-refractivity contribution >= 4 is 5.91 Å². The van der Waals surface area contributed by atoms with Gasteiger partial charge in [0.1, 0.15) is 0 Å². The number of methoxy groups -OCH3 is 1. The largest absolute Gasteiger partial charge is 0.380 e. The summed E-state index contributed by atoms with van der Waals surface area (Å²) in [4.78, 5) is 12.1. The minimum absolute atomic E-state index is 0.166. The molecule has 0 heterocycles. The smallest absolute Gasteiger partial charge is 0.223 e. The van der Waals surface area contributed by atoms with Crippen molar-refractivity contribution in [3.05, 3.63) is 35.9 Å². The zero-order valence-electron chi connectivity index (χ0n) is 13.5. The van der Waals surface area contributed by atoms with Crippen LogP contribution in [0.1, 0.15) is 39.2 Å². The second kappa shape index (κ2) is 6.18. The maximum absolute atomic E-state index is 12.1. The number of carbonyl (C=O) groups is 1. The van der Waals surface area contributed by atoms with Crippen molar-refractivity contribution in [1.29, 1.82) is 0 Å². The Morgan fingerprint density at radius 2 is 1.95 bits per heavy atom. The third-order valence-corrected chi connectivity index (χ3v) is 5.28. The number of carbonyl (C=O) groups excluding carboxylic acids is 1. The molecule has 4 unspecified atom stereocenters. The molecule has 1 aliphatic rings. The van der Waals surface area contributed by atoms with Gasteiger partial charge < -0.3 is 10.5 Å². The molecule has 0 aliphatic heterocycles. The van der Waals surface area contributed by atoms with Crippen LogP contribution in [-0.4, -0.2) is 19.1 Å². The number of nitrogens with two attached hydrogens (primary N) is 1. The maximum atomic E-state index is 12.1. The third kappa shape index (κ3) is 2.84. The molecule has 116 valence electrons. The van der Waals surface area contributed by atoms with Crippen LogP contribution >= 0.6 is 0 Å². The Balaban J connectivity index is 2.43. The third-order valence-electron chi connectivity index (χ3n) is 5.28. The lowest BCUT2D eigenvalue weighted by Crippen LogP contribution is -2.55. The topological polar surface area (TPSA) is 52.3 Å². The standard InChI is InChI=1S/C18H27NO2/c1-12(2)14-10-11-18(3,13-8-6-5-7-9-13)16(21-4)15(14)17(19)20/h5-9,12,14-16H,10-11H2,1-4H3,(H2,19,20). The molecule has 1 aliphatic carbocycles. The first-order valence-electron chi connectivity index (χ1n) is 7.79. The molecule has 0 radical (unpaired) electrons. The van der Waals surface area contributed by atoms with Crippen LogP contribution in [0, 0.1) is 17.8 Å². The highest BCUT2D eigenvalue weighted by atomic mass is 16.5. The SMILES string of the molecule is COC1C(C(N)=O)C(C(C)C)CCC1(C)c1ccccc1. The Kier molecular flexibility index (Phi) is 4.72. The summed E-state index contributed by atoms with van der Waals surface area (Å²) in [5.41, 5.74) is 6.80. The molecule has 4 atom stereocenters. The van der Waals surface area contributed by atoms with Crippen LogP contribution in [0.2, 0.25) is 0 Å². The van der Waals surface area contributed by atoms with Gasteiger partial charge in [0.05, 0.1) is 12.0 Å². The quantitative estimate of drug-likeness (QED) is 0.926. The molecule has 21 heavy (non-hydrogen) atoms. The van der Waals surface area contributed by atoms with Crippen LogP contribution in [0.25, 0.3) is 0 Å². The minimum atomic E-state index is -0.234. The second-order valence-corrected chi connectivity index (χ2v) is 6.81. The summed E-state index contributed by atoms with van der Waals surface area (Å²) < 4.78 is 5.81. The molecule has 0 aromatic heterocycles. The molecule has 2 rings (SSSR count). The van der Waals surface area contributed by atoms with Gasteiger partial charge in [0.15, 0.2) is 0 Å². The van der Waals surface area contributed by atoms with Crippen molar-refractivity contribution in [3.63, 3.8) is 0 Å². The fourth-order valence-corrected chi connectivity index (χ4v) is 4.05. The Morgan fingerprint density at radius 3 is 2.43 bits per heavy atom. The number of ether oxygens (including phenoxy) is 1. The van der Waals surface area contributed by atoms with E-state index in [4.69, 9.17) is 10.5 Å². The van der Waals surface area contributed by atoms with E-state index < -0.39 is 0 Å². The monoisotopic (exact) mass is 289 g/mol. The van der Waals surface area contributed by atoms with Crippen molar-refractivity contribution in [1.82, 2.24) is 0 Å². The second-order valence-electron chi connectivity index (χ2n) is 6.81. The van der Waals surface area contributed by atoms with E-state index in [-0.39, 0.29) is 23.3 Å². The Labute approximate surface area is 127 Å². The molecule has 1 saturated carbocycles. The summed E-state index contributed by atoms with van der Waals surface area (Å²) in [6.07, 6.45) is 1.86. The minimum Gasteiger partial charge on any atom is -0.380 e. The lowest BCUT2D eigenvalue weighted by Gasteiger charge is -2.49. The summed E-state index contributed by atoms with van der Waals surface area (Å²) in [6.45, 7) is 6.53. The molecule has 1 amide bonds. The molecule has 2 N–H and O–H groups in total. The molecular formula is C18H27NO2. The zero-order chi connectivity index (χ0) is 15.6. The van der Waals surface area contributed by atoms with Gasteiger partial charge in [-0.15, -0.1) is 0 Å². The van der Waals surface area contributed by atoms with Gasteiger partial charge in [0, 0.05) is 12.5 Å². The van der Waals surface area contributed by atoms with Crippen LogP contribution < -0.4 is 5.73 Å².